The summed E-state index contributed by atoms with van der Waals surface area (Å²) in [4.78, 5) is 2.06. The number of benzene rings is 1. The van der Waals surface area contributed by atoms with E-state index in [1.807, 2.05) is 27.0 Å². The molecule has 0 N–H and O–H groups in total. The molecule has 0 aliphatic carbocycles. The fourth-order valence-corrected chi connectivity index (χ4v) is 2.20. The van der Waals surface area contributed by atoms with Crippen LogP contribution in [0.1, 0.15) is 25.0 Å². The van der Waals surface area contributed by atoms with Crippen LogP contribution < -0.4 is 0 Å². The topological polar surface area (TPSA) is 3.24 Å². The second-order valence-electron chi connectivity index (χ2n) is 4.56. The van der Waals surface area contributed by atoms with Crippen LogP contribution in [0.15, 0.2) is 48.2 Å². The van der Waals surface area contributed by atoms with E-state index in [-0.39, 0.29) is 5.82 Å². The summed E-state index contributed by atoms with van der Waals surface area (Å²) in [5.41, 5.74) is 5.31. The average Bonchev–Trinajstić information content (AvgIpc) is 2.37. The van der Waals surface area contributed by atoms with Crippen molar-refractivity contribution in [3.05, 3.63) is 65.1 Å². The van der Waals surface area contributed by atoms with Crippen molar-refractivity contribution in [3.8, 4) is 0 Å². The SMILES string of the molecule is C=C1C(C)=CC=C(c2ccc(F)cc2CC)N1C. The molecule has 0 bridgehead atoms. The van der Waals surface area contributed by atoms with Gasteiger partial charge in [-0.05, 0) is 48.8 Å². The summed E-state index contributed by atoms with van der Waals surface area (Å²) in [5, 5.41) is 0. The highest BCUT2D eigenvalue weighted by atomic mass is 19.1. The molecule has 2 heteroatoms. The molecule has 1 aromatic carbocycles. The van der Waals surface area contributed by atoms with Crippen molar-refractivity contribution in [2.24, 2.45) is 0 Å². The van der Waals surface area contributed by atoms with Crippen LogP contribution in [0.25, 0.3) is 5.70 Å². The molecule has 1 aromatic rings. The maximum Gasteiger partial charge on any atom is 0.123 e. The first-order chi connectivity index (χ1) is 8.54. The molecule has 0 fully saturated rings. The van der Waals surface area contributed by atoms with E-state index < -0.39 is 0 Å². The molecule has 1 aliphatic heterocycles. The van der Waals surface area contributed by atoms with Gasteiger partial charge in [-0.15, -0.1) is 0 Å². The maximum atomic E-state index is 13.3. The zero-order valence-electron chi connectivity index (χ0n) is 11.1. The Morgan fingerprint density at radius 1 is 1.28 bits per heavy atom. The third-order valence-electron chi connectivity index (χ3n) is 3.44. The van der Waals surface area contributed by atoms with Crippen LogP contribution in [0, 0.1) is 5.82 Å². The van der Waals surface area contributed by atoms with Gasteiger partial charge in [0.25, 0.3) is 0 Å². The summed E-state index contributed by atoms with van der Waals surface area (Å²) in [5.74, 6) is -0.180. The Hall–Kier alpha value is -1.83. The summed E-state index contributed by atoms with van der Waals surface area (Å²) in [6.45, 7) is 8.15. The quantitative estimate of drug-likeness (QED) is 0.754. The smallest absolute Gasteiger partial charge is 0.123 e. The molecule has 0 saturated heterocycles. The fraction of sp³-hybridized carbons (Fsp3) is 0.250. The first-order valence-electron chi connectivity index (χ1n) is 6.15. The number of hydrogen-bond donors (Lipinski definition) is 0. The Labute approximate surface area is 108 Å². The minimum absolute atomic E-state index is 0.180. The molecular weight excluding hydrogens is 225 g/mol. The number of likely N-dealkylation sites (N-methyl/N-ethyl adjacent to an activating group) is 1. The molecule has 0 aromatic heterocycles. The maximum absolute atomic E-state index is 13.3. The third-order valence-corrected chi connectivity index (χ3v) is 3.44. The van der Waals surface area contributed by atoms with Crippen LogP contribution >= 0.6 is 0 Å². The van der Waals surface area contributed by atoms with Gasteiger partial charge < -0.3 is 4.90 Å². The van der Waals surface area contributed by atoms with Crippen molar-refractivity contribution >= 4 is 5.70 Å². The van der Waals surface area contributed by atoms with E-state index in [4.69, 9.17) is 0 Å². The molecule has 0 radical (unpaired) electrons. The zero-order valence-corrected chi connectivity index (χ0v) is 11.1. The van der Waals surface area contributed by atoms with Crippen LogP contribution in [0.4, 0.5) is 4.39 Å². The molecular formula is C16H18FN. The van der Waals surface area contributed by atoms with Gasteiger partial charge in [-0.3, -0.25) is 0 Å². The molecule has 18 heavy (non-hydrogen) atoms. The van der Waals surface area contributed by atoms with Crippen LogP contribution in [0.2, 0.25) is 0 Å². The number of aryl methyl sites for hydroxylation is 1. The number of allylic oxidation sites excluding steroid dienone is 3. The number of nitrogens with zero attached hydrogens (tertiary/aromatic N) is 1. The van der Waals surface area contributed by atoms with Gasteiger partial charge in [0.05, 0.1) is 0 Å². The minimum Gasteiger partial charge on any atom is -0.344 e. The molecule has 0 unspecified atom stereocenters. The monoisotopic (exact) mass is 243 g/mol. The lowest BCUT2D eigenvalue weighted by molar-refractivity contribution is 0.600. The van der Waals surface area contributed by atoms with Gasteiger partial charge in [0.15, 0.2) is 0 Å². The predicted octanol–water partition coefficient (Wildman–Crippen LogP) is 4.13. The van der Waals surface area contributed by atoms with Gasteiger partial charge in [0, 0.05) is 24.0 Å². The number of hydrogen-bond acceptors (Lipinski definition) is 1. The van der Waals surface area contributed by atoms with E-state index in [9.17, 15) is 4.39 Å². The van der Waals surface area contributed by atoms with Gasteiger partial charge in [-0.1, -0.05) is 19.6 Å². The van der Waals surface area contributed by atoms with Gasteiger partial charge in [0.2, 0.25) is 0 Å². The third kappa shape index (κ3) is 2.10. The van der Waals surface area contributed by atoms with Crippen molar-refractivity contribution in [1.82, 2.24) is 4.90 Å². The summed E-state index contributed by atoms with van der Waals surface area (Å²) >= 11 is 0. The molecule has 94 valence electrons. The first kappa shape index (κ1) is 12.6. The Balaban J connectivity index is 2.52. The van der Waals surface area contributed by atoms with Crippen molar-refractivity contribution in [2.75, 3.05) is 7.05 Å². The largest absolute Gasteiger partial charge is 0.344 e. The van der Waals surface area contributed by atoms with E-state index in [0.717, 1.165) is 34.5 Å². The lowest BCUT2D eigenvalue weighted by atomic mass is 9.98. The average molecular weight is 243 g/mol. The molecule has 0 spiro atoms. The Kier molecular flexibility index (Phi) is 3.37. The van der Waals surface area contributed by atoms with Gasteiger partial charge in [-0.2, -0.15) is 0 Å². The van der Waals surface area contributed by atoms with E-state index >= 15 is 0 Å². The van der Waals surface area contributed by atoms with Crippen molar-refractivity contribution in [1.29, 1.82) is 0 Å². The van der Waals surface area contributed by atoms with Crippen molar-refractivity contribution < 1.29 is 4.39 Å². The van der Waals surface area contributed by atoms with Crippen molar-refractivity contribution in [2.45, 2.75) is 20.3 Å². The van der Waals surface area contributed by atoms with E-state index in [2.05, 4.69) is 23.6 Å². The first-order valence-corrected chi connectivity index (χ1v) is 6.15. The Morgan fingerprint density at radius 2 is 2.00 bits per heavy atom. The summed E-state index contributed by atoms with van der Waals surface area (Å²) in [6, 6.07) is 4.97. The van der Waals surface area contributed by atoms with E-state index in [0.29, 0.717) is 0 Å². The van der Waals surface area contributed by atoms with Crippen molar-refractivity contribution in [3.63, 3.8) is 0 Å². The predicted molar refractivity (Wildman–Crippen MR) is 74.4 cm³/mol. The van der Waals surface area contributed by atoms with Gasteiger partial charge in [0.1, 0.15) is 5.82 Å². The lowest BCUT2D eigenvalue weighted by Crippen LogP contribution is -2.19. The second kappa shape index (κ2) is 4.81. The molecule has 1 nitrogen and oxygen atoms in total. The summed E-state index contributed by atoms with van der Waals surface area (Å²) < 4.78 is 13.3. The van der Waals surface area contributed by atoms with Gasteiger partial charge in [-0.25, -0.2) is 4.39 Å². The summed E-state index contributed by atoms with van der Waals surface area (Å²) in [7, 11) is 1.99. The van der Waals surface area contributed by atoms with E-state index in [1.165, 1.54) is 6.07 Å². The minimum atomic E-state index is -0.180. The number of rotatable bonds is 2. The molecule has 0 amide bonds. The van der Waals surface area contributed by atoms with Crippen LogP contribution in [0.3, 0.4) is 0 Å². The highest BCUT2D eigenvalue weighted by molar-refractivity contribution is 5.72. The Morgan fingerprint density at radius 3 is 2.67 bits per heavy atom. The molecule has 1 heterocycles. The number of halogens is 1. The summed E-state index contributed by atoms with van der Waals surface area (Å²) in [6.07, 6.45) is 4.93. The van der Waals surface area contributed by atoms with E-state index in [1.54, 1.807) is 6.07 Å². The zero-order chi connectivity index (χ0) is 13.3. The van der Waals surface area contributed by atoms with Crippen LogP contribution in [-0.4, -0.2) is 11.9 Å². The molecule has 0 atom stereocenters. The second-order valence-corrected chi connectivity index (χ2v) is 4.56. The van der Waals surface area contributed by atoms with Crippen LogP contribution in [-0.2, 0) is 6.42 Å². The normalized spacial score (nSPS) is 15.6. The highest BCUT2D eigenvalue weighted by Gasteiger charge is 2.17. The Bertz CT molecular complexity index is 552. The molecule has 0 saturated carbocycles. The molecule has 2 rings (SSSR count). The highest BCUT2D eigenvalue weighted by Crippen LogP contribution is 2.31. The van der Waals surface area contributed by atoms with Gasteiger partial charge >= 0.3 is 0 Å². The standard InChI is InChI=1S/C16H18FN/c1-5-13-10-14(17)7-8-15(13)16-9-6-11(2)12(3)18(16)4/h6-10H,3,5H2,1-2,4H3. The molecule has 1 aliphatic rings. The lowest BCUT2D eigenvalue weighted by Gasteiger charge is -2.29. The van der Waals surface area contributed by atoms with Crippen LogP contribution in [0.5, 0.6) is 0 Å². The fourth-order valence-electron chi connectivity index (χ4n) is 2.20.